The minimum absolute atomic E-state index is 0.0883. The molecule has 1 aliphatic rings. The molecular weight excluding hydrogens is 154 g/mol. The van der Waals surface area contributed by atoms with Gasteiger partial charge in [0.25, 0.3) is 0 Å². The van der Waals surface area contributed by atoms with Crippen molar-refractivity contribution in [1.82, 2.24) is 4.31 Å². The Morgan fingerprint density at radius 2 is 2.67 bits per heavy atom. The fourth-order valence-corrected chi connectivity index (χ4v) is 1.68. The van der Waals surface area contributed by atoms with Crippen molar-refractivity contribution in [3.05, 3.63) is 11.6 Å². The quantitative estimate of drug-likeness (QED) is 0.454. The zero-order chi connectivity index (χ0) is 6.69. The van der Waals surface area contributed by atoms with Crippen molar-refractivity contribution in [2.45, 2.75) is 5.50 Å². The van der Waals surface area contributed by atoms with Crippen molar-refractivity contribution in [3.63, 3.8) is 0 Å². The van der Waals surface area contributed by atoms with Crippen LogP contribution in [0.5, 0.6) is 0 Å². The van der Waals surface area contributed by atoms with E-state index in [2.05, 4.69) is 0 Å². The molecule has 0 saturated carbocycles. The van der Waals surface area contributed by atoms with Crippen LogP contribution in [0.2, 0.25) is 0 Å². The molecule has 1 heterocycles. The first-order valence-corrected chi connectivity index (χ1v) is 3.98. The average Bonchev–Trinajstić information content (AvgIpc) is 2.18. The lowest BCUT2D eigenvalue weighted by Gasteiger charge is -2.13. The van der Waals surface area contributed by atoms with Gasteiger partial charge in [-0.05, 0) is 5.41 Å². The standard InChI is InChI=1S/C4H5N3S2/c5-3-9-7-1-2-8-4(7)6/h1-2,4H,6H2. The third kappa shape index (κ3) is 1.55. The molecule has 0 amide bonds. The number of nitrogens with zero attached hydrogens (tertiary/aromatic N) is 2. The third-order valence-corrected chi connectivity index (χ3v) is 2.38. The summed E-state index contributed by atoms with van der Waals surface area (Å²) in [7, 11) is 0. The summed E-state index contributed by atoms with van der Waals surface area (Å²) in [6.45, 7) is 0. The predicted molar refractivity (Wildman–Crippen MR) is 39.7 cm³/mol. The molecule has 1 unspecified atom stereocenters. The number of hydrogen-bond donors (Lipinski definition) is 1. The van der Waals surface area contributed by atoms with E-state index >= 15 is 0 Å². The number of nitriles is 1. The summed E-state index contributed by atoms with van der Waals surface area (Å²) >= 11 is 2.55. The van der Waals surface area contributed by atoms with Crippen LogP contribution in [-0.2, 0) is 0 Å². The molecule has 1 atom stereocenters. The number of rotatable bonds is 1. The molecule has 0 radical (unpaired) electrons. The van der Waals surface area contributed by atoms with Crippen LogP contribution in [0.15, 0.2) is 11.6 Å². The van der Waals surface area contributed by atoms with Gasteiger partial charge in [0.05, 0.1) is 11.9 Å². The molecule has 2 N–H and O–H groups in total. The molecule has 3 nitrogen and oxygen atoms in total. The van der Waals surface area contributed by atoms with Gasteiger partial charge in [-0.1, -0.05) is 11.8 Å². The third-order valence-electron chi connectivity index (χ3n) is 0.823. The maximum atomic E-state index is 8.22. The van der Waals surface area contributed by atoms with Crippen LogP contribution in [0, 0.1) is 10.7 Å². The summed E-state index contributed by atoms with van der Waals surface area (Å²) in [6.07, 6.45) is 1.79. The molecule has 0 aromatic heterocycles. The Kier molecular flexibility index (Phi) is 2.28. The Balaban J connectivity index is 2.42. The largest absolute Gasteiger partial charge is 0.302 e. The lowest BCUT2D eigenvalue weighted by atomic mass is 10.9. The van der Waals surface area contributed by atoms with Gasteiger partial charge in [-0.15, -0.1) is 0 Å². The van der Waals surface area contributed by atoms with Gasteiger partial charge in [-0.2, -0.15) is 5.26 Å². The normalized spacial score (nSPS) is 24.4. The van der Waals surface area contributed by atoms with E-state index < -0.39 is 0 Å². The molecule has 0 fully saturated rings. The number of thiocyanates is 1. The maximum Gasteiger partial charge on any atom is 0.156 e. The second-order valence-corrected chi connectivity index (χ2v) is 3.17. The van der Waals surface area contributed by atoms with E-state index in [-0.39, 0.29) is 5.50 Å². The zero-order valence-electron chi connectivity index (χ0n) is 4.52. The van der Waals surface area contributed by atoms with Gasteiger partial charge in [-0.3, -0.25) is 4.31 Å². The van der Waals surface area contributed by atoms with Crippen LogP contribution in [-0.4, -0.2) is 9.80 Å². The first-order valence-electron chi connectivity index (χ1n) is 2.26. The number of hydrogen-bond acceptors (Lipinski definition) is 5. The predicted octanol–water partition coefficient (Wildman–Crippen LogP) is 0.878. The summed E-state index contributed by atoms with van der Waals surface area (Å²) in [5.74, 6) is 0. The second-order valence-electron chi connectivity index (χ2n) is 1.35. The van der Waals surface area contributed by atoms with E-state index in [9.17, 15) is 0 Å². The Bertz CT molecular complexity index is 162. The van der Waals surface area contributed by atoms with Crippen LogP contribution in [0.1, 0.15) is 0 Å². The minimum atomic E-state index is -0.0883. The molecule has 0 aromatic rings. The van der Waals surface area contributed by atoms with Crippen LogP contribution in [0.3, 0.4) is 0 Å². The van der Waals surface area contributed by atoms with Gasteiger partial charge >= 0.3 is 0 Å². The van der Waals surface area contributed by atoms with E-state index in [0.717, 1.165) is 11.9 Å². The summed E-state index contributed by atoms with van der Waals surface area (Å²) in [4.78, 5) is 0. The summed E-state index contributed by atoms with van der Waals surface area (Å²) in [5.41, 5.74) is 5.43. The van der Waals surface area contributed by atoms with Crippen LogP contribution in [0.4, 0.5) is 0 Å². The lowest BCUT2D eigenvalue weighted by Crippen LogP contribution is -2.26. The highest BCUT2D eigenvalue weighted by molar-refractivity contribution is 8.06. The van der Waals surface area contributed by atoms with Crippen molar-refractivity contribution in [2.75, 3.05) is 0 Å². The Morgan fingerprint density at radius 1 is 1.89 bits per heavy atom. The van der Waals surface area contributed by atoms with E-state index in [1.165, 1.54) is 11.8 Å². The van der Waals surface area contributed by atoms with Crippen molar-refractivity contribution in [3.8, 4) is 5.40 Å². The molecule has 0 bridgehead atoms. The van der Waals surface area contributed by atoms with Gasteiger partial charge in [0, 0.05) is 6.20 Å². The van der Waals surface area contributed by atoms with E-state index in [4.69, 9.17) is 11.0 Å². The Morgan fingerprint density at radius 3 is 3.11 bits per heavy atom. The highest BCUT2D eigenvalue weighted by atomic mass is 32.2. The first kappa shape index (κ1) is 6.81. The lowest BCUT2D eigenvalue weighted by molar-refractivity contribution is 0.610. The van der Waals surface area contributed by atoms with Crippen LogP contribution < -0.4 is 5.73 Å². The Labute approximate surface area is 62.0 Å². The van der Waals surface area contributed by atoms with E-state index in [1.54, 1.807) is 10.5 Å². The molecule has 0 aliphatic carbocycles. The molecule has 1 rings (SSSR count). The molecule has 5 heteroatoms. The van der Waals surface area contributed by atoms with Gasteiger partial charge in [0.1, 0.15) is 5.50 Å². The molecule has 48 valence electrons. The smallest absolute Gasteiger partial charge is 0.156 e. The van der Waals surface area contributed by atoms with Crippen LogP contribution >= 0.6 is 23.7 Å². The van der Waals surface area contributed by atoms with Gasteiger partial charge in [0.2, 0.25) is 0 Å². The van der Waals surface area contributed by atoms with Gasteiger partial charge < -0.3 is 5.73 Å². The van der Waals surface area contributed by atoms with Crippen molar-refractivity contribution >= 4 is 23.7 Å². The van der Waals surface area contributed by atoms with E-state index in [1.807, 2.05) is 10.8 Å². The highest BCUT2D eigenvalue weighted by Gasteiger charge is 2.14. The molecule has 9 heavy (non-hydrogen) atoms. The van der Waals surface area contributed by atoms with E-state index in [0.29, 0.717) is 0 Å². The summed E-state index contributed by atoms with van der Waals surface area (Å²) in [5, 5.41) is 12.0. The number of nitrogens with two attached hydrogens (primary N) is 1. The average molecular weight is 159 g/mol. The molecule has 1 aliphatic heterocycles. The van der Waals surface area contributed by atoms with Gasteiger partial charge in [-0.25, -0.2) is 0 Å². The SMILES string of the molecule is N#CSN1C=CSC1N. The molecule has 0 aromatic carbocycles. The minimum Gasteiger partial charge on any atom is -0.302 e. The Hall–Kier alpha value is -0.310. The van der Waals surface area contributed by atoms with Crippen LogP contribution in [0.25, 0.3) is 0 Å². The topological polar surface area (TPSA) is 53.0 Å². The fraction of sp³-hybridized carbons (Fsp3) is 0.250. The van der Waals surface area contributed by atoms with Crippen molar-refractivity contribution < 1.29 is 0 Å². The molecule has 0 saturated heterocycles. The maximum absolute atomic E-state index is 8.22. The fourth-order valence-electron chi connectivity index (χ4n) is 0.450. The summed E-state index contributed by atoms with van der Waals surface area (Å²) in [6, 6.07) is 0. The zero-order valence-corrected chi connectivity index (χ0v) is 6.15. The summed E-state index contributed by atoms with van der Waals surface area (Å²) < 4.78 is 1.70. The number of thioether (sulfide) groups is 1. The van der Waals surface area contributed by atoms with Crippen molar-refractivity contribution in [1.29, 1.82) is 5.26 Å². The second kappa shape index (κ2) is 3.01. The molecule has 0 spiro atoms. The van der Waals surface area contributed by atoms with Crippen molar-refractivity contribution in [2.24, 2.45) is 5.73 Å². The highest BCUT2D eigenvalue weighted by Crippen LogP contribution is 2.26. The first-order chi connectivity index (χ1) is 4.34. The monoisotopic (exact) mass is 159 g/mol. The molecular formula is C4H5N3S2. The van der Waals surface area contributed by atoms with Gasteiger partial charge in [0.15, 0.2) is 5.40 Å².